The third-order valence-corrected chi connectivity index (χ3v) is 14.7. The lowest BCUT2D eigenvalue weighted by atomic mass is 9.74. The molecular weight excluding hydrogens is 709 g/mol. The van der Waals surface area contributed by atoms with E-state index in [2.05, 4.69) is 174 Å². The molecule has 3 heteroatoms. The van der Waals surface area contributed by atoms with E-state index in [1.165, 1.54) is 120 Å². The highest BCUT2D eigenvalue weighted by Crippen LogP contribution is 2.60. The molecule has 0 aliphatic heterocycles. The average Bonchev–Trinajstić information content (AvgIpc) is 3.96. The summed E-state index contributed by atoms with van der Waals surface area (Å²) in [5.41, 5.74) is 16.2. The van der Waals surface area contributed by atoms with Gasteiger partial charge in [-0.3, -0.25) is 0 Å². The van der Waals surface area contributed by atoms with Crippen LogP contribution in [0.1, 0.15) is 84.2 Å². The van der Waals surface area contributed by atoms with Gasteiger partial charge >= 0.3 is 0 Å². The summed E-state index contributed by atoms with van der Waals surface area (Å²) in [5, 5.41) is 2.71. The second kappa shape index (κ2) is 14.1. The van der Waals surface area contributed by atoms with Crippen LogP contribution in [0.25, 0.3) is 20.2 Å². The number of para-hydroxylation sites is 2. The Balaban J connectivity index is 1.13. The van der Waals surface area contributed by atoms with Crippen LogP contribution >= 0.6 is 11.3 Å². The van der Waals surface area contributed by atoms with Crippen LogP contribution in [0.5, 0.6) is 0 Å². The van der Waals surface area contributed by atoms with Crippen molar-refractivity contribution >= 4 is 65.6 Å². The molecule has 3 aliphatic carbocycles. The lowest BCUT2D eigenvalue weighted by Gasteiger charge is -2.37. The van der Waals surface area contributed by atoms with Crippen molar-refractivity contribution in [2.45, 2.75) is 76.0 Å². The van der Waals surface area contributed by atoms with Crippen LogP contribution < -0.4 is 9.80 Å². The third kappa shape index (κ3) is 5.73. The van der Waals surface area contributed by atoms with Gasteiger partial charge in [0.25, 0.3) is 0 Å². The molecule has 1 saturated carbocycles. The first-order chi connectivity index (χ1) is 28.2. The molecule has 7 aromatic carbocycles. The summed E-state index contributed by atoms with van der Waals surface area (Å²) in [6.07, 6.45) is 11.1. The van der Waals surface area contributed by atoms with Crippen molar-refractivity contribution in [2.24, 2.45) is 0 Å². The first-order valence-corrected chi connectivity index (χ1v) is 21.9. The molecule has 1 heterocycles. The number of hydrogen-bond donors (Lipinski definition) is 0. The fraction of sp³-hybridized carbons (Fsp3) is 0.222. The SMILES string of the molecule is Cc1cc2c(cc1N(c1ccc(C3CCCCC3)cc1)c1cccc3c1[C@]1(CCc4cccc(N(c5ccccc5)c5ccccc5)c41)CC3)sc1ccccc12. The van der Waals surface area contributed by atoms with Crippen molar-refractivity contribution in [1.29, 1.82) is 0 Å². The van der Waals surface area contributed by atoms with Gasteiger partial charge in [0.2, 0.25) is 0 Å². The van der Waals surface area contributed by atoms with Gasteiger partial charge in [-0.1, -0.05) is 110 Å². The molecule has 11 rings (SSSR count). The zero-order valence-corrected chi connectivity index (χ0v) is 33.6. The fourth-order valence-corrected chi connectivity index (χ4v) is 12.1. The molecular formula is C54H48N2S. The number of thiophene rings is 1. The number of rotatable bonds is 7. The van der Waals surface area contributed by atoms with Crippen molar-refractivity contribution in [3.8, 4) is 0 Å². The summed E-state index contributed by atoms with van der Waals surface area (Å²) < 4.78 is 2.70. The van der Waals surface area contributed by atoms with Crippen LogP contribution in [0.15, 0.2) is 158 Å². The molecule has 280 valence electrons. The molecule has 2 nitrogen and oxygen atoms in total. The smallest absolute Gasteiger partial charge is 0.0505 e. The van der Waals surface area contributed by atoms with Crippen LogP contribution in [0.2, 0.25) is 0 Å². The zero-order chi connectivity index (χ0) is 37.9. The first-order valence-electron chi connectivity index (χ1n) is 21.1. The average molecular weight is 757 g/mol. The highest BCUT2D eigenvalue weighted by atomic mass is 32.1. The minimum absolute atomic E-state index is 0.116. The molecule has 0 bridgehead atoms. The van der Waals surface area contributed by atoms with Gasteiger partial charge in [0.15, 0.2) is 0 Å². The monoisotopic (exact) mass is 756 g/mol. The van der Waals surface area contributed by atoms with Gasteiger partial charge in [-0.15, -0.1) is 11.3 Å². The predicted octanol–water partition coefficient (Wildman–Crippen LogP) is 15.5. The topological polar surface area (TPSA) is 6.48 Å². The molecule has 0 saturated heterocycles. The van der Waals surface area contributed by atoms with Gasteiger partial charge in [0, 0.05) is 42.6 Å². The molecule has 0 N–H and O–H groups in total. The third-order valence-electron chi connectivity index (χ3n) is 13.5. The van der Waals surface area contributed by atoms with Gasteiger partial charge in [-0.2, -0.15) is 0 Å². The lowest BCUT2D eigenvalue weighted by Crippen LogP contribution is -2.27. The van der Waals surface area contributed by atoms with Crippen molar-refractivity contribution in [3.05, 3.63) is 191 Å². The Morgan fingerprint density at radius 1 is 0.491 bits per heavy atom. The van der Waals surface area contributed by atoms with Gasteiger partial charge in [0.1, 0.15) is 0 Å². The van der Waals surface area contributed by atoms with Gasteiger partial charge in [-0.05, 0) is 151 Å². The van der Waals surface area contributed by atoms with Crippen molar-refractivity contribution in [1.82, 2.24) is 0 Å². The summed E-state index contributed by atoms with van der Waals surface area (Å²) in [6.45, 7) is 2.32. The molecule has 1 spiro atoms. The molecule has 3 aliphatic rings. The van der Waals surface area contributed by atoms with Crippen LogP contribution in [0.4, 0.5) is 34.1 Å². The molecule has 57 heavy (non-hydrogen) atoms. The number of hydrogen-bond acceptors (Lipinski definition) is 3. The summed E-state index contributed by atoms with van der Waals surface area (Å²) in [4.78, 5) is 5.15. The maximum Gasteiger partial charge on any atom is 0.0505 e. The fourth-order valence-electron chi connectivity index (χ4n) is 10.9. The van der Waals surface area contributed by atoms with Crippen molar-refractivity contribution < 1.29 is 0 Å². The number of fused-ring (bicyclic) bond motifs is 7. The Labute approximate surface area is 341 Å². The molecule has 1 atom stereocenters. The van der Waals surface area contributed by atoms with E-state index in [-0.39, 0.29) is 5.41 Å². The van der Waals surface area contributed by atoms with Crippen molar-refractivity contribution in [3.63, 3.8) is 0 Å². The largest absolute Gasteiger partial charge is 0.310 e. The zero-order valence-electron chi connectivity index (χ0n) is 32.8. The summed E-state index contributed by atoms with van der Waals surface area (Å²) in [7, 11) is 0. The summed E-state index contributed by atoms with van der Waals surface area (Å²) in [5.74, 6) is 0.674. The Hall–Kier alpha value is -5.64. The molecule has 8 aromatic rings. The molecule has 0 unspecified atom stereocenters. The van der Waals surface area contributed by atoms with E-state index in [9.17, 15) is 0 Å². The Bertz CT molecular complexity index is 2700. The van der Waals surface area contributed by atoms with Crippen LogP contribution in [0, 0.1) is 6.92 Å². The standard InChI is InChI=1S/C54H48N2S/c1-37-35-46-45-23-11-12-26-50(45)57-51(46)36-49(37)56(44-29-27-39(28-30-44)38-15-5-2-6-16-38)48-25-14-18-41-32-34-54(53(41)48)33-31-40-17-13-24-47(52(40)54)55(42-19-7-3-8-20-42)43-21-9-4-10-22-43/h3-4,7-14,17-30,35-36,38H,2,5-6,15-16,31-34H2,1H3/t54-/m1/s1. The summed E-state index contributed by atoms with van der Waals surface area (Å²) >= 11 is 1.92. The van der Waals surface area contributed by atoms with E-state index in [0.717, 1.165) is 25.7 Å². The van der Waals surface area contributed by atoms with Crippen molar-refractivity contribution in [2.75, 3.05) is 9.80 Å². The number of anilines is 6. The maximum atomic E-state index is 2.64. The molecule has 0 radical (unpaired) electrons. The van der Waals surface area contributed by atoms with Gasteiger partial charge in [0.05, 0.1) is 17.1 Å². The maximum absolute atomic E-state index is 2.64. The highest BCUT2D eigenvalue weighted by Gasteiger charge is 2.49. The Morgan fingerprint density at radius 2 is 1.07 bits per heavy atom. The highest BCUT2D eigenvalue weighted by molar-refractivity contribution is 7.25. The molecule has 1 fully saturated rings. The Morgan fingerprint density at radius 3 is 1.72 bits per heavy atom. The second-order valence-electron chi connectivity index (χ2n) is 16.7. The second-order valence-corrected chi connectivity index (χ2v) is 17.8. The van der Waals surface area contributed by atoms with Gasteiger partial charge in [-0.25, -0.2) is 0 Å². The number of aryl methyl sites for hydroxylation is 3. The molecule has 1 aromatic heterocycles. The minimum Gasteiger partial charge on any atom is -0.310 e. The van der Waals surface area contributed by atoms with E-state index in [4.69, 9.17) is 0 Å². The normalized spacial score (nSPS) is 17.6. The van der Waals surface area contributed by atoms with E-state index >= 15 is 0 Å². The summed E-state index contributed by atoms with van der Waals surface area (Å²) in [6, 6.07) is 59.8. The van der Waals surface area contributed by atoms with Crippen LogP contribution in [-0.4, -0.2) is 0 Å². The Kier molecular flexibility index (Phi) is 8.54. The lowest BCUT2D eigenvalue weighted by molar-refractivity contribution is 0.443. The van der Waals surface area contributed by atoms with E-state index < -0.39 is 0 Å². The van der Waals surface area contributed by atoms with E-state index in [1.807, 2.05) is 11.3 Å². The minimum atomic E-state index is -0.116. The van der Waals surface area contributed by atoms with E-state index in [1.54, 1.807) is 0 Å². The van der Waals surface area contributed by atoms with Crippen LogP contribution in [-0.2, 0) is 18.3 Å². The quantitative estimate of drug-likeness (QED) is 0.160. The van der Waals surface area contributed by atoms with Gasteiger partial charge < -0.3 is 9.80 Å². The van der Waals surface area contributed by atoms with E-state index in [0.29, 0.717) is 5.92 Å². The first kappa shape index (κ1) is 34.6. The predicted molar refractivity (Wildman–Crippen MR) is 243 cm³/mol. The molecule has 0 amide bonds. The van der Waals surface area contributed by atoms with Crippen LogP contribution in [0.3, 0.4) is 0 Å². The number of nitrogens with zero attached hydrogens (tertiary/aromatic N) is 2. The number of benzene rings is 7.